The number of rotatable bonds is 6. The van der Waals surface area contributed by atoms with Crippen LogP contribution in [0.15, 0.2) is 47.3 Å². The molecule has 1 aromatic heterocycles. The Morgan fingerprint density at radius 1 is 1.00 bits per heavy atom. The van der Waals surface area contributed by atoms with Crippen LogP contribution in [0.4, 0.5) is 0 Å². The number of hydrogen-bond donors (Lipinski definition) is 1. The van der Waals surface area contributed by atoms with Crippen LogP contribution in [0.25, 0.3) is 0 Å². The van der Waals surface area contributed by atoms with Crippen LogP contribution in [0.2, 0.25) is 0 Å². The Morgan fingerprint density at radius 3 is 2.42 bits per heavy atom. The van der Waals surface area contributed by atoms with E-state index in [2.05, 4.69) is 41.4 Å². The summed E-state index contributed by atoms with van der Waals surface area (Å²) in [6.45, 7) is 6.27. The van der Waals surface area contributed by atoms with E-state index in [9.17, 15) is 9.59 Å². The molecule has 31 heavy (non-hydrogen) atoms. The van der Waals surface area contributed by atoms with E-state index in [1.165, 1.54) is 43.9 Å². The van der Waals surface area contributed by atoms with Crippen LogP contribution in [0, 0.1) is 5.92 Å². The van der Waals surface area contributed by atoms with Crippen molar-refractivity contribution >= 4 is 11.8 Å². The van der Waals surface area contributed by atoms with Crippen molar-refractivity contribution < 1.29 is 14.0 Å². The lowest BCUT2D eigenvalue weighted by Gasteiger charge is -2.33. The zero-order chi connectivity index (χ0) is 21.6. The fourth-order valence-corrected chi connectivity index (χ4v) is 4.64. The summed E-state index contributed by atoms with van der Waals surface area (Å²) in [5.74, 6) is 0.0292. The molecular formula is C25H33N3O3. The molecule has 3 heterocycles. The van der Waals surface area contributed by atoms with Gasteiger partial charge in [-0.2, -0.15) is 0 Å². The third-order valence-electron chi connectivity index (χ3n) is 6.74. The molecule has 1 unspecified atom stereocenters. The van der Waals surface area contributed by atoms with Crippen LogP contribution in [-0.2, 0) is 17.9 Å². The molecule has 166 valence electrons. The Hall–Kier alpha value is -2.60. The van der Waals surface area contributed by atoms with Crippen molar-refractivity contribution in [3.05, 3.63) is 59.5 Å². The van der Waals surface area contributed by atoms with Crippen LogP contribution >= 0.6 is 0 Å². The van der Waals surface area contributed by atoms with E-state index in [1.807, 2.05) is 0 Å². The zero-order valence-electron chi connectivity index (χ0n) is 18.4. The van der Waals surface area contributed by atoms with Gasteiger partial charge in [0.25, 0.3) is 5.91 Å². The number of nitrogens with zero attached hydrogens (tertiary/aromatic N) is 2. The van der Waals surface area contributed by atoms with E-state index >= 15 is 0 Å². The molecule has 6 nitrogen and oxygen atoms in total. The third kappa shape index (κ3) is 5.56. The first-order valence-corrected chi connectivity index (χ1v) is 11.5. The van der Waals surface area contributed by atoms with Gasteiger partial charge < -0.3 is 14.6 Å². The van der Waals surface area contributed by atoms with E-state index in [4.69, 9.17) is 4.42 Å². The standard InChI is InChI=1S/C25H33N3O3/c1-19-4-2-3-12-28(19)17-21-7-5-20(6-8-21)16-26-24(29)22-9-13-27(14-10-22)25(30)23-11-15-31-18-23/h5-8,11,15,18-19,22H,2-4,9-10,12-14,16-17H2,1H3,(H,26,29). The van der Waals surface area contributed by atoms with E-state index < -0.39 is 0 Å². The van der Waals surface area contributed by atoms with Gasteiger partial charge in [-0.1, -0.05) is 30.7 Å². The van der Waals surface area contributed by atoms with Crippen molar-refractivity contribution in [2.24, 2.45) is 5.92 Å². The maximum absolute atomic E-state index is 12.6. The second kappa shape index (κ2) is 10.1. The van der Waals surface area contributed by atoms with Gasteiger partial charge in [-0.25, -0.2) is 0 Å². The SMILES string of the molecule is CC1CCCCN1Cc1ccc(CNC(=O)C2CCN(C(=O)c3ccoc3)CC2)cc1. The van der Waals surface area contributed by atoms with Crippen LogP contribution in [-0.4, -0.2) is 47.3 Å². The van der Waals surface area contributed by atoms with Crippen LogP contribution in [0.5, 0.6) is 0 Å². The molecule has 4 rings (SSSR count). The highest BCUT2D eigenvalue weighted by Crippen LogP contribution is 2.21. The smallest absolute Gasteiger partial charge is 0.257 e. The minimum atomic E-state index is -0.0340. The van der Waals surface area contributed by atoms with Crippen LogP contribution < -0.4 is 5.32 Å². The highest BCUT2D eigenvalue weighted by atomic mass is 16.3. The number of amides is 2. The number of carbonyl (C=O) groups is 2. The van der Waals surface area contributed by atoms with E-state index in [0.717, 1.165) is 12.1 Å². The first-order chi connectivity index (χ1) is 15.1. The summed E-state index contributed by atoms with van der Waals surface area (Å²) in [6, 6.07) is 11.0. The Morgan fingerprint density at radius 2 is 1.74 bits per heavy atom. The zero-order valence-corrected chi connectivity index (χ0v) is 18.4. The van der Waals surface area contributed by atoms with Gasteiger partial charge in [0.05, 0.1) is 11.8 Å². The topological polar surface area (TPSA) is 65.8 Å². The lowest BCUT2D eigenvalue weighted by atomic mass is 9.95. The number of carbonyl (C=O) groups excluding carboxylic acids is 2. The van der Waals surface area contributed by atoms with Gasteiger partial charge in [-0.05, 0) is 56.3 Å². The number of benzene rings is 1. The quantitative estimate of drug-likeness (QED) is 0.767. The molecular weight excluding hydrogens is 390 g/mol. The fourth-order valence-electron chi connectivity index (χ4n) is 4.64. The van der Waals surface area contributed by atoms with Gasteiger partial charge in [0.1, 0.15) is 6.26 Å². The average Bonchev–Trinajstić information content (AvgIpc) is 3.34. The van der Waals surface area contributed by atoms with E-state index in [0.29, 0.717) is 44.1 Å². The lowest BCUT2D eigenvalue weighted by molar-refractivity contribution is -0.126. The summed E-state index contributed by atoms with van der Waals surface area (Å²) in [7, 11) is 0. The van der Waals surface area contributed by atoms with Gasteiger partial charge in [-0.3, -0.25) is 14.5 Å². The largest absolute Gasteiger partial charge is 0.472 e. The fraction of sp³-hybridized carbons (Fsp3) is 0.520. The van der Waals surface area contributed by atoms with Crippen LogP contribution in [0.1, 0.15) is 60.5 Å². The Kier molecular flexibility index (Phi) is 7.07. The summed E-state index contributed by atoms with van der Waals surface area (Å²) >= 11 is 0. The average molecular weight is 424 g/mol. The molecule has 1 N–H and O–H groups in total. The molecule has 0 spiro atoms. The Bertz CT molecular complexity index is 855. The number of likely N-dealkylation sites (tertiary alicyclic amines) is 2. The lowest BCUT2D eigenvalue weighted by Crippen LogP contribution is -2.42. The predicted molar refractivity (Wildman–Crippen MR) is 119 cm³/mol. The maximum Gasteiger partial charge on any atom is 0.257 e. The summed E-state index contributed by atoms with van der Waals surface area (Å²) < 4.78 is 5.00. The minimum absolute atomic E-state index is 0.0216. The first-order valence-electron chi connectivity index (χ1n) is 11.5. The van der Waals surface area contributed by atoms with Crippen molar-refractivity contribution in [1.82, 2.24) is 15.1 Å². The van der Waals surface area contributed by atoms with Gasteiger partial charge in [0, 0.05) is 38.1 Å². The third-order valence-corrected chi connectivity index (χ3v) is 6.74. The minimum Gasteiger partial charge on any atom is -0.472 e. The Labute approximate surface area is 184 Å². The maximum atomic E-state index is 12.6. The molecule has 2 amide bonds. The molecule has 0 bridgehead atoms. The van der Waals surface area contributed by atoms with Gasteiger partial charge >= 0.3 is 0 Å². The molecule has 2 fully saturated rings. The normalized spacial score (nSPS) is 20.5. The van der Waals surface area contributed by atoms with Gasteiger partial charge in [-0.15, -0.1) is 0 Å². The van der Waals surface area contributed by atoms with Crippen molar-refractivity contribution in [3.63, 3.8) is 0 Å². The first kappa shape index (κ1) is 21.6. The molecule has 0 radical (unpaired) electrons. The number of furan rings is 1. The second-order valence-electron chi connectivity index (χ2n) is 8.93. The van der Waals surface area contributed by atoms with Crippen molar-refractivity contribution in [2.45, 2.75) is 58.2 Å². The predicted octanol–water partition coefficient (Wildman–Crippen LogP) is 3.82. The molecule has 6 heteroatoms. The van der Waals surface area contributed by atoms with Crippen molar-refractivity contribution in [3.8, 4) is 0 Å². The molecule has 1 aromatic carbocycles. The molecule has 0 aliphatic carbocycles. The highest BCUT2D eigenvalue weighted by Gasteiger charge is 2.28. The molecule has 1 atom stereocenters. The summed E-state index contributed by atoms with van der Waals surface area (Å²) in [5.41, 5.74) is 3.02. The highest BCUT2D eigenvalue weighted by molar-refractivity contribution is 5.94. The molecule has 2 aliphatic rings. The number of piperidine rings is 2. The van der Waals surface area contributed by atoms with E-state index in [-0.39, 0.29) is 17.7 Å². The van der Waals surface area contributed by atoms with E-state index in [1.54, 1.807) is 11.0 Å². The summed E-state index contributed by atoms with van der Waals surface area (Å²) in [6.07, 6.45) is 8.31. The Balaban J connectivity index is 1.20. The van der Waals surface area contributed by atoms with Gasteiger partial charge in [0.2, 0.25) is 5.91 Å². The number of nitrogens with one attached hydrogen (secondary N) is 1. The second-order valence-corrected chi connectivity index (χ2v) is 8.93. The van der Waals surface area contributed by atoms with Crippen molar-refractivity contribution in [1.29, 1.82) is 0 Å². The van der Waals surface area contributed by atoms with Crippen molar-refractivity contribution in [2.75, 3.05) is 19.6 Å². The van der Waals surface area contributed by atoms with Gasteiger partial charge in [0.15, 0.2) is 0 Å². The molecule has 2 saturated heterocycles. The van der Waals surface area contributed by atoms with Crippen LogP contribution in [0.3, 0.4) is 0 Å². The summed E-state index contributed by atoms with van der Waals surface area (Å²) in [5, 5.41) is 3.08. The number of hydrogen-bond acceptors (Lipinski definition) is 4. The summed E-state index contributed by atoms with van der Waals surface area (Å²) in [4.78, 5) is 29.3. The molecule has 2 aliphatic heterocycles. The monoisotopic (exact) mass is 423 g/mol. The molecule has 2 aromatic rings. The molecule has 0 saturated carbocycles.